The summed E-state index contributed by atoms with van der Waals surface area (Å²) < 4.78 is 3.08. The van der Waals surface area contributed by atoms with Crippen LogP contribution in [0, 0.1) is 6.92 Å². The Kier molecular flexibility index (Phi) is 4.70. The number of aliphatic carboxylic acids is 1. The van der Waals surface area contributed by atoms with Crippen LogP contribution in [0.4, 0.5) is 0 Å². The lowest BCUT2D eigenvalue weighted by molar-refractivity contribution is -0.137. The molecule has 2 rings (SSSR count). The monoisotopic (exact) mass is 291 g/mol. The number of nitrogens with zero attached hydrogens (tertiary/aromatic N) is 4. The van der Waals surface area contributed by atoms with Crippen molar-refractivity contribution in [2.45, 2.75) is 26.4 Å². The largest absolute Gasteiger partial charge is 0.480 e. The van der Waals surface area contributed by atoms with Gasteiger partial charge in [-0.3, -0.25) is 19.0 Å². The van der Waals surface area contributed by atoms with Gasteiger partial charge in [-0.15, -0.1) is 0 Å². The fourth-order valence-corrected chi connectivity index (χ4v) is 1.86. The number of aryl methyl sites for hydroxylation is 2. The highest BCUT2D eigenvalue weighted by Gasteiger charge is 2.10. The van der Waals surface area contributed by atoms with Crippen molar-refractivity contribution in [1.29, 1.82) is 0 Å². The topological polar surface area (TPSA) is 102 Å². The summed E-state index contributed by atoms with van der Waals surface area (Å²) in [4.78, 5) is 22.3. The molecular formula is C13H17N5O3. The zero-order chi connectivity index (χ0) is 15.2. The number of rotatable bonds is 7. The smallest absolute Gasteiger partial charge is 0.325 e. The maximum Gasteiger partial charge on any atom is 0.325 e. The second kappa shape index (κ2) is 6.69. The fraction of sp³-hybridized carbons (Fsp3) is 0.385. The highest BCUT2D eigenvalue weighted by atomic mass is 16.4. The third-order valence-electron chi connectivity index (χ3n) is 2.93. The standard InChI is InChI=1S/C13H17N5O3/c1-10-3-6-15-18(10)7-2-5-14-13(21)11-4-8-17(16-11)9-12(19)20/h3-4,6,8H,2,5,7,9H2,1H3,(H,14,21)(H,19,20). The van der Waals surface area contributed by atoms with Gasteiger partial charge < -0.3 is 10.4 Å². The normalized spacial score (nSPS) is 10.5. The first kappa shape index (κ1) is 14.8. The van der Waals surface area contributed by atoms with Crippen LogP contribution in [0.3, 0.4) is 0 Å². The van der Waals surface area contributed by atoms with Crippen molar-refractivity contribution in [1.82, 2.24) is 24.9 Å². The molecule has 0 radical (unpaired) electrons. The molecule has 0 spiro atoms. The van der Waals surface area contributed by atoms with Crippen molar-refractivity contribution in [3.8, 4) is 0 Å². The van der Waals surface area contributed by atoms with Crippen LogP contribution in [-0.2, 0) is 17.9 Å². The maximum atomic E-state index is 11.8. The minimum atomic E-state index is -1.00. The van der Waals surface area contributed by atoms with Crippen molar-refractivity contribution in [2.24, 2.45) is 0 Å². The highest BCUT2D eigenvalue weighted by Crippen LogP contribution is 1.98. The number of nitrogens with one attached hydrogen (secondary N) is 1. The molecule has 0 saturated carbocycles. The number of amides is 1. The summed E-state index contributed by atoms with van der Waals surface area (Å²) in [6, 6.07) is 3.42. The van der Waals surface area contributed by atoms with Gasteiger partial charge in [0.25, 0.3) is 5.91 Å². The molecule has 0 aliphatic carbocycles. The van der Waals surface area contributed by atoms with Gasteiger partial charge in [0.2, 0.25) is 0 Å². The number of carbonyl (C=O) groups is 2. The first-order chi connectivity index (χ1) is 10.1. The van der Waals surface area contributed by atoms with E-state index in [4.69, 9.17) is 5.11 Å². The van der Waals surface area contributed by atoms with Crippen LogP contribution < -0.4 is 5.32 Å². The molecule has 0 unspecified atom stereocenters. The number of hydrogen-bond donors (Lipinski definition) is 2. The van der Waals surface area contributed by atoms with E-state index in [2.05, 4.69) is 15.5 Å². The molecule has 1 amide bonds. The molecule has 0 fully saturated rings. The van der Waals surface area contributed by atoms with E-state index in [1.807, 2.05) is 17.7 Å². The van der Waals surface area contributed by atoms with Gasteiger partial charge >= 0.3 is 5.97 Å². The number of carbonyl (C=O) groups excluding carboxylic acids is 1. The summed E-state index contributed by atoms with van der Waals surface area (Å²) in [6.45, 7) is 2.95. The lowest BCUT2D eigenvalue weighted by Crippen LogP contribution is -2.26. The Morgan fingerprint density at radius 2 is 2.19 bits per heavy atom. The van der Waals surface area contributed by atoms with Crippen LogP contribution in [0.1, 0.15) is 22.6 Å². The summed E-state index contributed by atoms with van der Waals surface area (Å²) >= 11 is 0. The summed E-state index contributed by atoms with van der Waals surface area (Å²) in [5.41, 5.74) is 1.29. The average Bonchev–Trinajstić information content (AvgIpc) is 3.03. The van der Waals surface area contributed by atoms with Crippen molar-refractivity contribution in [2.75, 3.05) is 6.54 Å². The lowest BCUT2D eigenvalue weighted by Gasteiger charge is -2.05. The number of carboxylic acid groups (broad SMARTS) is 1. The molecule has 0 atom stereocenters. The van der Waals surface area contributed by atoms with Crippen LogP contribution in [0.2, 0.25) is 0 Å². The summed E-state index contributed by atoms with van der Waals surface area (Å²) in [5.74, 6) is -1.31. The van der Waals surface area contributed by atoms with Gasteiger partial charge in [0, 0.05) is 31.2 Å². The number of hydrogen-bond acceptors (Lipinski definition) is 4. The zero-order valence-corrected chi connectivity index (χ0v) is 11.7. The Morgan fingerprint density at radius 1 is 1.38 bits per heavy atom. The second-order valence-corrected chi connectivity index (χ2v) is 4.60. The zero-order valence-electron chi connectivity index (χ0n) is 11.7. The Morgan fingerprint density at radius 3 is 2.86 bits per heavy atom. The van der Waals surface area contributed by atoms with Crippen LogP contribution in [0.25, 0.3) is 0 Å². The quantitative estimate of drug-likeness (QED) is 0.714. The van der Waals surface area contributed by atoms with E-state index < -0.39 is 5.97 Å². The number of carboxylic acids is 1. The van der Waals surface area contributed by atoms with Crippen LogP contribution >= 0.6 is 0 Å². The Hall–Kier alpha value is -2.64. The molecule has 21 heavy (non-hydrogen) atoms. The van der Waals surface area contributed by atoms with E-state index in [1.54, 1.807) is 6.20 Å². The molecule has 2 aromatic rings. The SMILES string of the molecule is Cc1ccnn1CCCNC(=O)c1ccn(CC(=O)O)n1. The summed E-state index contributed by atoms with van der Waals surface area (Å²) in [5, 5.41) is 19.4. The van der Waals surface area contributed by atoms with Gasteiger partial charge in [-0.2, -0.15) is 10.2 Å². The highest BCUT2D eigenvalue weighted by molar-refractivity contribution is 5.92. The molecule has 2 N–H and O–H groups in total. The van der Waals surface area contributed by atoms with Crippen molar-refractivity contribution in [3.63, 3.8) is 0 Å². The van der Waals surface area contributed by atoms with Gasteiger partial charge in [0.15, 0.2) is 0 Å². The first-order valence-corrected chi connectivity index (χ1v) is 6.58. The average molecular weight is 291 g/mol. The van der Waals surface area contributed by atoms with Gasteiger partial charge in [0.05, 0.1) is 0 Å². The van der Waals surface area contributed by atoms with E-state index in [9.17, 15) is 9.59 Å². The Bertz CT molecular complexity index is 631. The molecule has 0 aliphatic heterocycles. The summed E-state index contributed by atoms with van der Waals surface area (Å²) in [7, 11) is 0. The molecule has 2 heterocycles. The van der Waals surface area contributed by atoms with Crippen molar-refractivity contribution in [3.05, 3.63) is 35.9 Å². The van der Waals surface area contributed by atoms with E-state index in [1.165, 1.54) is 16.9 Å². The van der Waals surface area contributed by atoms with Gasteiger partial charge in [-0.1, -0.05) is 0 Å². The Labute approximate surface area is 121 Å². The van der Waals surface area contributed by atoms with Crippen molar-refractivity contribution >= 4 is 11.9 Å². The molecule has 0 saturated heterocycles. The maximum absolute atomic E-state index is 11.8. The van der Waals surface area contributed by atoms with E-state index in [0.29, 0.717) is 6.54 Å². The summed E-state index contributed by atoms with van der Waals surface area (Å²) in [6.07, 6.45) is 3.96. The molecule has 112 valence electrons. The van der Waals surface area contributed by atoms with E-state index >= 15 is 0 Å². The molecule has 0 bridgehead atoms. The molecule has 0 aliphatic rings. The molecule has 8 nitrogen and oxygen atoms in total. The number of aromatic nitrogens is 4. The van der Waals surface area contributed by atoms with E-state index in [-0.39, 0.29) is 18.1 Å². The molecule has 2 aromatic heterocycles. The lowest BCUT2D eigenvalue weighted by atomic mass is 10.3. The van der Waals surface area contributed by atoms with Gasteiger partial charge in [-0.05, 0) is 25.5 Å². The predicted octanol–water partition coefficient (Wildman–Crippen LogP) is 0.293. The molecule has 8 heteroatoms. The van der Waals surface area contributed by atoms with Gasteiger partial charge in [0.1, 0.15) is 12.2 Å². The fourth-order valence-electron chi connectivity index (χ4n) is 1.86. The first-order valence-electron chi connectivity index (χ1n) is 6.58. The predicted molar refractivity (Wildman–Crippen MR) is 73.8 cm³/mol. The molecular weight excluding hydrogens is 274 g/mol. The molecule has 0 aromatic carbocycles. The van der Waals surface area contributed by atoms with Crippen LogP contribution in [0.5, 0.6) is 0 Å². The van der Waals surface area contributed by atoms with E-state index in [0.717, 1.165) is 18.7 Å². The van der Waals surface area contributed by atoms with Gasteiger partial charge in [-0.25, -0.2) is 0 Å². The second-order valence-electron chi connectivity index (χ2n) is 4.60. The Balaban J connectivity index is 1.75. The van der Waals surface area contributed by atoms with Crippen LogP contribution in [-0.4, -0.2) is 43.1 Å². The minimum Gasteiger partial charge on any atom is -0.480 e. The van der Waals surface area contributed by atoms with Crippen molar-refractivity contribution < 1.29 is 14.7 Å². The third-order valence-corrected chi connectivity index (χ3v) is 2.93. The third kappa shape index (κ3) is 4.16. The minimum absolute atomic E-state index is 0.214. The van der Waals surface area contributed by atoms with Crippen LogP contribution in [0.15, 0.2) is 24.5 Å².